The van der Waals surface area contributed by atoms with Gasteiger partial charge in [0.25, 0.3) is 5.91 Å². The second-order valence-electron chi connectivity index (χ2n) is 10.5. The molecule has 1 saturated heterocycles. The summed E-state index contributed by atoms with van der Waals surface area (Å²) in [6.45, 7) is 5.48. The van der Waals surface area contributed by atoms with Gasteiger partial charge in [0.15, 0.2) is 6.10 Å². The molecule has 0 bridgehead atoms. The van der Waals surface area contributed by atoms with Gasteiger partial charge in [0.2, 0.25) is 0 Å². The third-order valence-electron chi connectivity index (χ3n) is 6.76. The minimum atomic E-state index is -0.972. The Labute approximate surface area is 248 Å². The molecule has 3 aromatic carbocycles. The van der Waals surface area contributed by atoms with Gasteiger partial charge in [-0.05, 0) is 60.2 Å². The summed E-state index contributed by atoms with van der Waals surface area (Å²) in [5, 5.41) is 14.6. The summed E-state index contributed by atoms with van der Waals surface area (Å²) < 4.78 is 8.70. The number of carbonyl (C=O) groups excluding carboxylic acids is 2. The molecule has 2 heterocycles. The molecule has 1 fully saturated rings. The highest BCUT2D eigenvalue weighted by Gasteiger charge is 2.38. The average molecular weight is 591 g/mol. The number of aromatic nitrogens is 1. The number of nitrogens with one attached hydrogen (secondary N) is 1. The maximum Gasteiger partial charge on any atom is 0.415 e. The Bertz CT molecular complexity index is 1450. The van der Waals surface area contributed by atoms with Crippen molar-refractivity contribution in [3.63, 3.8) is 0 Å². The second kappa shape index (κ2) is 13.5. The number of para-hydroxylation sites is 1. The van der Waals surface area contributed by atoms with E-state index in [-0.39, 0.29) is 6.54 Å². The largest absolute Gasteiger partial charge is 0.434 e. The molecule has 1 aliphatic heterocycles. The number of aliphatic hydroxyl groups is 1. The van der Waals surface area contributed by atoms with Crippen LogP contribution in [-0.2, 0) is 16.0 Å². The monoisotopic (exact) mass is 590 g/mol. The van der Waals surface area contributed by atoms with Gasteiger partial charge in [-0.15, -0.1) is 11.3 Å². The molecule has 41 heavy (non-hydrogen) atoms. The normalized spacial score (nSPS) is 16.8. The van der Waals surface area contributed by atoms with Crippen LogP contribution in [0.25, 0.3) is 10.2 Å². The Balaban J connectivity index is 1.30. The Morgan fingerprint density at radius 2 is 1.85 bits per heavy atom. The van der Waals surface area contributed by atoms with Crippen LogP contribution in [0.1, 0.15) is 19.4 Å². The van der Waals surface area contributed by atoms with E-state index in [1.165, 1.54) is 4.90 Å². The highest BCUT2D eigenvalue weighted by atomic mass is 32.2. The van der Waals surface area contributed by atoms with E-state index in [0.29, 0.717) is 24.6 Å². The van der Waals surface area contributed by atoms with Crippen LogP contribution in [0, 0.1) is 5.92 Å². The van der Waals surface area contributed by atoms with E-state index in [9.17, 15) is 14.7 Å². The smallest absolute Gasteiger partial charge is 0.415 e. The Hall–Kier alpha value is -3.44. The number of aliphatic hydroxyl groups excluding tert-OH is 1. The zero-order chi connectivity index (χ0) is 28.8. The van der Waals surface area contributed by atoms with E-state index >= 15 is 0 Å². The third kappa shape index (κ3) is 7.65. The van der Waals surface area contributed by atoms with Crippen LogP contribution in [0.2, 0.25) is 0 Å². The zero-order valence-electron chi connectivity index (χ0n) is 23.1. The summed E-state index contributed by atoms with van der Waals surface area (Å²) in [7, 11) is 0. The molecular weight excluding hydrogens is 556 g/mol. The lowest BCUT2D eigenvalue weighted by Crippen LogP contribution is -2.52. The minimum Gasteiger partial charge on any atom is -0.434 e. The molecule has 214 valence electrons. The Morgan fingerprint density at radius 1 is 1.12 bits per heavy atom. The van der Waals surface area contributed by atoms with Crippen molar-refractivity contribution in [1.29, 1.82) is 0 Å². The van der Waals surface area contributed by atoms with Crippen LogP contribution in [0.4, 0.5) is 10.5 Å². The zero-order valence-corrected chi connectivity index (χ0v) is 24.7. The van der Waals surface area contributed by atoms with E-state index < -0.39 is 30.3 Å². The molecule has 10 heteroatoms. The van der Waals surface area contributed by atoms with Crippen LogP contribution in [0.5, 0.6) is 0 Å². The number of benzene rings is 3. The van der Waals surface area contributed by atoms with E-state index in [2.05, 4.69) is 34.5 Å². The predicted molar refractivity (Wildman–Crippen MR) is 164 cm³/mol. The summed E-state index contributed by atoms with van der Waals surface area (Å²) in [4.78, 5) is 32.8. The van der Waals surface area contributed by atoms with E-state index in [4.69, 9.17) is 4.74 Å². The van der Waals surface area contributed by atoms with Crippen molar-refractivity contribution in [3.8, 4) is 0 Å². The standard InChI is InChI=1S/C31H34N4O4S2/c1-21(2)17-34(41-24-13-14-25-29(16-24)40-20-32-25)18-27(36)26(15-22-9-5-3-6-10-22)33-30(37)28-19-35(31(38)39-28)23-11-7-4-8-12-23/h3-14,16,20-21,26-28,36H,15,17-19H2,1-2H3,(H,33,37). The number of fused-ring (bicyclic) bond motifs is 1. The molecule has 4 aromatic rings. The fraction of sp³-hybridized carbons (Fsp3) is 0.323. The molecular formula is C31H34N4O4S2. The molecule has 1 aliphatic rings. The first-order valence-corrected chi connectivity index (χ1v) is 15.3. The summed E-state index contributed by atoms with van der Waals surface area (Å²) in [6.07, 6.45) is -1.97. The summed E-state index contributed by atoms with van der Waals surface area (Å²) in [6, 6.07) is 24.5. The molecule has 8 nitrogen and oxygen atoms in total. The number of rotatable bonds is 12. The number of nitrogens with zero attached hydrogens (tertiary/aromatic N) is 3. The lowest BCUT2D eigenvalue weighted by atomic mass is 10.0. The first-order valence-electron chi connectivity index (χ1n) is 13.7. The third-order valence-corrected chi connectivity index (χ3v) is 8.57. The number of anilines is 1. The number of carbonyl (C=O) groups is 2. The Kier molecular flexibility index (Phi) is 9.56. The fourth-order valence-corrected chi connectivity index (χ4v) is 6.77. The topological polar surface area (TPSA) is 95.0 Å². The highest BCUT2D eigenvalue weighted by Crippen LogP contribution is 2.29. The van der Waals surface area contributed by atoms with Crippen molar-refractivity contribution in [2.75, 3.05) is 24.5 Å². The maximum absolute atomic E-state index is 13.4. The SMILES string of the molecule is CC(C)CN(CC(O)C(Cc1ccccc1)NC(=O)C1CN(c2ccccc2)C(=O)O1)Sc1ccc2ncsc2c1. The Morgan fingerprint density at radius 3 is 2.59 bits per heavy atom. The van der Waals surface area contributed by atoms with Crippen molar-refractivity contribution in [2.45, 2.75) is 43.4 Å². The van der Waals surface area contributed by atoms with E-state index in [1.807, 2.05) is 66.2 Å². The molecule has 2 amide bonds. The van der Waals surface area contributed by atoms with Crippen LogP contribution < -0.4 is 10.2 Å². The van der Waals surface area contributed by atoms with Gasteiger partial charge < -0.3 is 15.2 Å². The molecule has 0 radical (unpaired) electrons. The molecule has 0 aliphatic carbocycles. The van der Waals surface area contributed by atoms with Crippen molar-refractivity contribution < 1.29 is 19.4 Å². The van der Waals surface area contributed by atoms with Gasteiger partial charge in [-0.2, -0.15) is 0 Å². The number of ether oxygens (including phenoxy) is 1. The van der Waals surface area contributed by atoms with Gasteiger partial charge >= 0.3 is 6.09 Å². The van der Waals surface area contributed by atoms with Crippen molar-refractivity contribution in [2.24, 2.45) is 5.92 Å². The number of thiazole rings is 1. The number of amides is 2. The van der Waals surface area contributed by atoms with Gasteiger partial charge in [-0.1, -0.05) is 62.4 Å². The quantitative estimate of drug-likeness (QED) is 0.214. The summed E-state index contributed by atoms with van der Waals surface area (Å²) in [5.41, 5.74) is 4.47. The number of hydrogen-bond acceptors (Lipinski definition) is 8. The number of cyclic esters (lactones) is 1. The molecule has 3 unspecified atom stereocenters. The van der Waals surface area contributed by atoms with Crippen molar-refractivity contribution >= 4 is 51.2 Å². The highest BCUT2D eigenvalue weighted by molar-refractivity contribution is 7.97. The maximum atomic E-state index is 13.4. The first kappa shape index (κ1) is 29.1. The van der Waals surface area contributed by atoms with E-state index in [0.717, 1.165) is 27.2 Å². The van der Waals surface area contributed by atoms with Gasteiger partial charge in [-0.3, -0.25) is 9.69 Å². The lowest BCUT2D eigenvalue weighted by molar-refractivity contribution is -0.129. The molecule has 0 saturated carbocycles. The molecule has 1 aromatic heterocycles. The molecule has 0 spiro atoms. The predicted octanol–water partition coefficient (Wildman–Crippen LogP) is 5.38. The van der Waals surface area contributed by atoms with Crippen LogP contribution in [-0.4, -0.2) is 64.3 Å². The minimum absolute atomic E-state index is 0.109. The fourth-order valence-electron chi connectivity index (χ4n) is 4.78. The molecule has 3 atom stereocenters. The number of hydrogen-bond donors (Lipinski definition) is 2. The second-order valence-corrected chi connectivity index (χ2v) is 12.6. The van der Waals surface area contributed by atoms with Gasteiger partial charge in [-0.25, -0.2) is 14.1 Å². The first-order chi connectivity index (χ1) is 19.9. The van der Waals surface area contributed by atoms with Crippen LogP contribution >= 0.6 is 23.3 Å². The van der Waals surface area contributed by atoms with Crippen LogP contribution in [0.3, 0.4) is 0 Å². The van der Waals surface area contributed by atoms with Crippen LogP contribution in [0.15, 0.2) is 89.3 Å². The average Bonchev–Trinajstić information content (AvgIpc) is 3.59. The molecule has 2 N–H and O–H groups in total. The summed E-state index contributed by atoms with van der Waals surface area (Å²) >= 11 is 3.19. The molecule has 5 rings (SSSR count). The van der Waals surface area contributed by atoms with Crippen molar-refractivity contribution in [3.05, 3.63) is 89.9 Å². The van der Waals surface area contributed by atoms with Gasteiger partial charge in [0.05, 0.1) is 34.4 Å². The van der Waals surface area contributed by atoms with E-state index in [1.54, 1.807) is 35.4 Å². The van der Waals surface area contributed by atoms with Crippen molar-refractivity contribution in [1.82, 2.24) is 14.6 Å². The lowest BCUT2D eigenvalue weighted by Gasteiger charge is -2.31. The van der Waals surface area contributed by atoms with Gasteiger partial charge in [0, 0.05) is 23.7 Å². The van der Waals surface area contributed by atoms with Gasteiger partial charge in [0.1, 0.15) is 0 Å². The summed E-state index contributed by atoms with van der Waals surface area (Å²) in [5.74, 6) is -0.0543.